The van der Waals surface area contributed by atoms with Crippen LogP contribution in [0, 0.1) is 0 Å². The van der Waals surface area contributed by atoms with Gasteiger partial charge in [-0.1, -0.05) is 361 Å². The fourth-order valence-corrected chi connectivity index (χ4v) is 5.42. The molecule has 0 aromatic heterocycles. The quantitative estimate of drug-likeness (QED) is 0.0347. The third kappa shape index (κ3) is 52.4. The molecule has 0 saturated heterocycles. The lowest BCUT2D eigenvalue weighted by Crippen LogP contribution is -2.05. The van der Waals surface area contributed by atoms with Crippen LogP contribution in [0.1, 0.15) is 119 Å². The molecule has 0 radical (unpaired) electrons. The van der Waals surface area contributed by atoms with Crippen LogP contribution in [0.2, 0.25) is 0 Å². The van der Waals surface area contributed by atoms with Gasteiger partial charge in [-0.2, -0.15) is 0 Å². The standard InChI is InChI=1S/3C8H14O2.7C8H8/c3*1-4-5-6-10-8(9)7(2)3;7*1-2-8-6-4-3-5-7-8/h3*2,4-6H2,1,3H3;7*2-7H,1H2. The molecule has 0 saturated carbocycles. The van der Waals surface area contributed by atoms with Crippen molar-refractivity contribution in [2.75, 3.05) is 19.8 Å². The Morgan fingerprint density at radius 3 is 0.488 bits per heavy atom. The van der Waals surface area contributed by atoms with E-state index in [-0.39, 0.29) is 17.9 Å². The predicted molar refractivity (Wildman–Crippen MR) is 378 cm³/mol. The molecule has 0 amide bonds. The van der Waals surface area contributed by atoms with Crippen LogP contribution in [0.15, 0.2) is 295 Å². The number of unbranched alkanes of at least 4 members (excludes halogenated alkanes) is 3. The lowest BCUT2D eigenvalue weighted by atomic mass is 10.2. The molecule has 7 aromatic carbocycles. The van der Waals surface area contributed by atoms with Crippen molar-refractivity contribution in [3.05, 3.63) is 334 Å². The fraction of sp³-hybridized carbons (Fsp3) is 0.188. The van der Waals surface area contributed by atoms with Crippen LogP contribution in [0.25, 0.3) is 42.5 Å². The summed E-state index contributed by atoms with van der Waals surface area (Å²) in [5.74, 6) is -0.852. The van der Waals surface area contributed by atoms with Crippen molar-refractivity contribution in [2.45, 2.75) is 80.1 Å². The van der Waals surface area contributed by atoms with Gasteiger partial charge < -0.3 is 14.2 Å². The third-order valence-electron chi connectivity index (χ3n) is 10.5. The van der Waals surface area contributed by atoms with E-state index in [0.29, 0.717) is 36.5 Å². The van der Waals surface area contributed by atoms with Gasteiger partial charge in [-0.05, 0) is 79.0 Å². The molecule has 0 bridgehead atoms. The molecule has 0 aliphatic rings. The Morgan fingerprint density at radius 1 is 0.279 bits per heavy atom. The van der Waals surface area contributed by atoms with E-state index in [1.165, 1.54) is 38.9 Å². The van der Waals surface area contributed by atoms with E-state index in [0.717, 1.165) is 38.5 Å². The first kappa shape index (κ1) is 80.6. The zero-order valence-corrected chi connectivity index (χ0v) is 52.6. The van der Waals surface area contributed by atoms with E-state index < -0.39 is 0 Å². The fourth-order valence-electron chi connectivity index (χ4n) is 5.42. The Labute approximate surface area is 520 Å². The molecule has 86 heavy (non-hydrogen) atoms. The normalized spacial score (nSPS) is 8.67. The Morgan fingerprint density at radius 2 is 0.407 bits per heavy atom. The molecular formula is C80H98O6. The minimum Gasteiger partial charge on any atom is -0.462 e. The van der Waals surface area contributed by atoms with E-state index in [9.17, 15) is 14.4 Å². The maximum Gasteiger partial charge on any atom is 0.333 e. The van der Waals surface area contributed by atoms with Crippen molar-refractivity contribution < 1.29 is 28.6 Å². The summed E-state index contributed by atoms with van der Waals surface area (Å²) in [6.07, 6.45) is 18.8. The first-order chi connectivity index (χ1) is 41.6. The van der Waals surface area contributed by atoms with Crippen molar-refractivity contribution in [3.8, 4) is 0 Å². The smallest absolute Gasteiger partial charge is 0.333 e. The number of ether oxygens (including phenoxy) is 3. The number of rotatable bonds is 19. The Hall–Kier alpha value is -9.65. The Balaban J connectivity index is -0.000000891. The lowest BCUT2D eigenvalue weighted by molar-refractivity contribution is -0.139. The van der Waals surface area contributed by atoms with Crippen LogP contribution in [0.5, 0.6) is 0 Å². The second-order valence-electron chi connectivity index (χ2n) is 18.1. The van der Waals surface area contributed by atoms with Gasteiger partial charge in [0.2, 0.25) is 0 Å². The minimum absolute atomic E-state index is 0.284. The van der Waals surface area contributed by atoms with Crippen LogP contribution >= 0.6 is 0 Å². The molecule has 0 unspecified atom stereocenters. The van der Waals surface area contributed by atoms with Crippen molar-refractivity contribution in [2.24, 2.45) is 0 Å². The molecule has 0 atom stereocenters. The summed E-state index contributed by atoms with van der Waals surface area (Å²) in [5, 5.41) is 0. The topological polar surface area (TPSA) is 78.9 Å². The highest BCUT2D eigenvalue weighted by molar-refractivity contribution is 5.87. The monoisotopic (exact) mass is 1150 g/mol. The average Bonchev–Trinajstić information content (AvgIpc) is 3.58. The van der Waals surface area contributed by atoms with Crippen molar-refractivity contribution in [3.63, 3.8) is 0 Å². The number of hydrogen-bond donors (Lipinski definition) is 0. The molecule has 6 heteroatoms. The van der Waals surface area contributed by atoms with Gasteiger partial charge in [0.05, 0.1) is 19.8 Å². The van der Waals surface area contributed by atoms with Gasteiger partial charge in [-0.3, -0.25) is 0 Å². The summed E-state index contributed by atoms with van der Waals surface area (Å²) >= 11 is 0. The maximum absolute atomic E-state index is 10.7. The summed E-state index contributed by atoms with van der Waals surface area (Å²) in [6, 6.07) is 70.2. The molecular weight excluding hydrogens is 1060 g/mol. The summed E-state index contributed by atoms with van der Waals surface area (Å²) in [7, 11) is 0. The van der Waals surface area contributed by atoms with E-state index in [2.05, 4.69) is 86.6 Å². The number of hydrogen-bond acceptors (Lipinski definition) is 6. The average molecular weight is 1160 g/mol. The zero-order chi connectivity index (χ0) is 64.7. The molecule has 0 aliphatic heterocycles. The minimum atomic E-state index is -0.284. The summed E-state index contributed by atoms with van der Waals surface area (Å²) in [6.45, 7) is 48.4. The van der Waals surface area contributed by atoms with Crippen LogP contribution < -0.4 is 0 Å². The molecule has 454 valence electrons. The molecule has 0 fully saturated rings. The second-order valence-corrected chi connectivity index (χ2v) is 18.1. The summed E-state index contributed by atoms with van der Waals surface area (Å²) in [5.41, 5.74) is 9.62. The van der Waals surface area contributed by atoms with Gasteiger partial charge >= 0.3 is 17.9 Å². The molecule has 0 N–H and O–H groups in total. The zero-order valence-electron chi connectivity index (χ0n) is 52.6. The van der Waals surface area contributed by atoms with Gasteiger partial charge in [0.25, 0.3) is 0 Å². The van der Waals surface area contributed by atoms with Crippen LogP contribution in [0.3, 0.4) is 0 Å². The highest BCUT2D eigenvalue weighted by atomic mass is 16.5. The molecule has 6 nitrogen and oxygen atoms in total. The Kier molecular flexibility index (Phi) is 56.2. The van der Waals surface area contributed by atoms with Gasteiger partial charge in [-0.15, -0.1) is 0 Å². The highest BCUT2D eigenvalue weighted by Gasteiger charge is 2.02. The van der Waals surface area contributed by atoms with Gasteiger partial charge in [-0.25, -0.2) is 14.4 Å². The lowest BCUT2D eigenvalue weighted by Gasteiger charge is -2.01. The summed E-state index contributed by atoms with van der Waals surface area (Å²) in [4.78, 5) is 32.1. The predicted octanol–water partition coefficient (Wildman–Crippen LogP) is 22.0. The van der Waals surface area contributed by atoms with E-state index in [1.807, 2.05) is 255 Å². The SMILES string of the molecule is C=C(C)C(=O)OCCCC.C=C(C)C(=O)OCCCC.C=C(C)C(=O)OCCCC.C=Cc1ccccc1.C=Cc1ccccc1.C=Cc1ccccc1.C=Cc1ccccc1.C=Cc1ccccc1.C=Cc1ccccc1.C=Cc1ccccc1. The van der Waals surface area contributed by atoms with Crippen LogP contribution in [-0.4, -0.2) is 37.7 Å². The number of carbonyl (C=O) groups is 3. The highest BCUT2D eigenvalue weighted by Crippen LogP contribution is 2.03. The Bertz CT molecular complexity index is 2350. The third-order valence-corrected chi connectivity index (χ3v) is 10.5. The molecule has 7 aromatic rings. The van der Waals surface area contributed by atoms with Gasteiger partial charge in [0, 0.05) is 16.7 Å². The molecule has 0 aliphatic carbocycles. The van der Waals surface area contributed by atoms with E-state index in [4.69, 9.17) is 14.2 Å². The van der Waals surface area contributed by atoms with Gasteiger partial charge in [0.15, 0.2) is 0 Å². The molecule has 7 rings (SSSR count). The number of carbonyl (C=O) groups excluding carboxylic acids is 3. The van der Waals surface area contributed by atoms with E-state index in [1.54, 1.807) is 20.8 Å². The summed E-state index contributed by atoms with van der Waals surface area (Å²) < 4.78 is 14.4. The van der Waals surface area contributed by atoms with Crippen LogP contribution in [-0.2, 0) is 28.6 Å². The van der Waals surface area contributed by atoms with Crippen molar-refractivity contribution in [1.82, 2.24) is 0 Å². The van der Waals surface area contributed by atoms with E-state index >= 15 is 0 Å². The number of benzene rings is 7. The number of esters is 3. The molecule has 0 heterocycles. The first-order valence-corrected chi connectivity index (χ1v) is 28.8. The largest absolute Gasteiger partial charge is 0.462 e. The van der Waals surface area contributed by atoms with Crippen molar-refractivity contribution >= 4 is 60.4 Å². The maximum atomic E-state index is 10.7. The van der Waals surface area contributed by atoms with Gasteiger partial charge in [0.1, 0.15) is 0 Å². The van der Waals surface area contributed by atoms with Crippen molar-refractivity contribution in [1.29, 1.82) is 0 Å². The molecule has 0 spiro atoms. The first-order valence-electron chi connectivity index (χ1n) is 28.8. The van der Waals surface area contributed by atoms with Crippen LogP contribution in [0.4, 0.5) is 0 Å². The second kappa shape index (κ2) is 60.0.